The summed E-state index contributed by atoms with van der Waals surface area (Å²) in [6.07, 6.45) is 0. The Morgan fingerprint density at radius 3 is 2.67 bits per heavy atom. The van der Waals surface area contributed by atoms with Gasteiger partial charge in [0.05, 0.1) is 6.07 Å². The Balaban J connectivity index is 3.37. The highest BCUT2D eigenvalue weighted by atomic mass is 35.5. The van der Waals surface area contributed by atoms with E-state index in [4.69, 9.17) is 16.9 Å². The van der Waals surface area contributed by atoms with Crippen LogP contribution in [0.3, 0.4) is 0 Å². The highest BCUT2D eigenvalue weighted by molar-refractivity contribution is 6.22. The Morgan fingerprint density at radius 1 is 1.78 bits per heavy atom. The van der Waals surface area contributed by atoms with Gasteiger partial charge in [-0.05, 0) is 13.6 Å². The molecule has 3 heteroatoms. The van der Waals surface area contributed by atoms with E-state index in [9.17, 15) is 0 Å². The first-order valence-electron chi connectivity index (χ1n) is 2.93. The maximum atomic E-state index is 8.27. The third-order valence-electron chi connectivity index (χ3n) is 1.15. The Bertz CT molecular complexity index is 108. The van der Waals surface area contributed by atoms with Crippen LogP contribution in [0.1, 0.15) is 6.92 Å². The topological polar surface area (TPSA) is 27.0 Å². The molecule has 0 bridgehead atoms. The second-order valence-electron chi connectivity index (χ2n) is 1.95. The molecule has 0 radical (unpaired) electrons. The first-order valence-corrected chi connectivity index (χ1v) is 3.36. The zero-order valence-corrected chi connectivity index (χ0v) is 6.52. The minimum absolute atomic E-state index is 0.366. The Kier molecular flexibility index (Phi) is 4.47. The molecule has 0 rings (SSSR count). The summed E-state index contributed by atoms with van der Waals surface area (Å²) in [5, 5.41) is 7.90. The van der Waals surface area contributed by atoms with Crippen molar-refractivity contribution in [3.8, 4) is 6.07 Å². The summed E-state index contributed by atoms with van der Waals surface area (Å²) >= 11 is 5.54. The van der Waals surface area contributed by atoms with Crippen molar-refractivity contribution in [2.75, 3.05) is 20.1 Å². The van der Waals surface area contributed by atoms with Crippen LogP contribution in [0.2, 0.25) is 0 Å². The van der Waals surface area contributed by atoms with Gasteiger partial charge >= 0.3 is 0 Å². The van der Waals surface area contributed by atoms with Crippen LogP contribution in [-0.2, 0) is 0 Å². The van der Waals surface area contributed by atoms with Crippen LogP contribution >= 0.6 is 11.6 Å². The van der Waals surface area contributed by atoms with E-state index in [1.165, 1.54) is 0 Å². The van der Waals surface area contributed by atoms with Crippen molar-refractivity contribution in [3.05, 3.63) is 0 Å². The molecule has 0 N–H and O–H groups in total. The van der Waals surface area contributed by atoms with Crippen molar-refractivity contribution in [1.82, 2.24) is 4.90 Å². The quantitative estimate of drug-likeness (QED) is 0.557. The van der Waals surface area contributed by atoms with Gasteiger partial charge in [0.1, 0.15) is 5.38 Å². The molecule has 2 nitrogen and oxygen atoms in total. The summed E-state index contributed by atoms with van der Waals surface area (Å²) in [6, 6.07) is 1.95. The number of rotatable bonds is 3. The Labute approximate surface area is 61.0 Å². The molecule has 0 aliphatic carbocycles. The summed E-state index contributed by atoms with van der Waals surface area (Å²) in [6.45, 7) is 3.61. The number of hydrogen-bond acceptors (Lipinski definition) is 2. The van der Waals surface area contributed by atoms with Crippen molar-refractivity contribution >= 4 is 11.6 Å². The van der Waals surface area contributed by atoms with Gasteiger partial charge in [-0.2, -0.15) is 5.26 Å². The molecule has 0 aromatic carbocycles. The van der Waals surface area contributed by atoms with Gasteiger partial charge in [0, 0.05) is 6.54 Å². The van der Waals surface area contributed by atoms with Gasteiger partial charge in [-0.15, -0.1) is 11.6 Å². The van der Waals surface area contributed by atoms with Crippen molar-refractivity contribution in [2.24, 2.45) is 0 Å². The summed E-state index contributed by atoms with van der Waals surface area (Å²) in [4.78, 5) is 2.00. The fraction of sp³-hybridized carbons (Fsp3) is 0.833. The third kappa shape index (κ3) is 4.26. The molecule has 0 aromatic heterocycles. The average Bonchev–Trinajstić information content (AvgIpc) is 1.87. The van der Waals surface area contributed by atoms with Crippen LogP contribution in [0, 0.1) is 11.3 Å². The van der Waals surface area contributed by atoms with E-state index in [0.29, 0.717) is 6.54 Å². The Morgan fingerprint density at radius 2 is 2.33 bits per heavy atom. The first-order chi connectivity index (χ1) is 4.20. The largest absolute Gasteiger partial charge is 0.304 e. The lowest BCUT2D eigenvalue weighted by atomic mass is 10.4. The lowest BCUT2D eigenvalue weighted by Gasteiger charge is -2.12. The summed E-state index contributed by atoms with van der Waals surface area (Å²) in [7, 11) is 1.94. The average molecular weight is 147 g/mol. The third-order valence-corrected chi connectivity index (χ3v) is 1.39. The van der Waals surface area contributed by atoms with E-state index in [1.807, 2.05) is 24.9 Å². The van der Waals surface area contributed by atoms with E-state index >= 15 is 0 Å². The number of alkyl halides is 1. The fourth-order valence-corrected chi connectivity index (χ4v) is 0.679. The second kappa shape index (κ2) is 4.60. The lowest BCUT2D eigenvalue weighted by Crippen LogP contribution is -2.24. The Hall–Kier alpha value is -0.260. The highest BCUT2D eigenvalue weighted by Crippen LogP contribution is 1.94. The smallest absolute Gasteiger partial charge is 0.133 e. The first kappa shape index (κ1) is 8.74. The van der Waals surface area contributed by atoms with Gasteiger partial charge in [0.2, 0.25) is 0 Å². The van der Waals surface area contributed by atoms with Crippen LogP contribution in [0.25, 0.3) is 0 Å². The second-order valence-corrected chi connectivity index (χ2v) is 2.48. The van der Waals surface area contributed by atoms with Gasteiger partial charge < -0.3 is 4.90 Å². The highest BCUT2D eigenvalue weighted by Gasteiger charge is 2.03. The van der Waals surface area contributed by atoms with Crippen LogP contribution in [-0.4, -0.2) is 30.4 Å². The number of halogens is 1. The monoisotopic (exact) mass is 146 g/mol. The molecule has 0 fully saturated rings. The van der Waals surface area contributed by atoms with Crippen molar-refractivity contribution < 1.29 is 0 Å². The molecule has 0 saturated carbocycles. The number of hydrogen-bond donors (Lipinski definition) is 0. The molecular weight excluding hydrogens is 136 g/mol. The molecular formula is C6H11ClN2. The summed E-state index contributed by atoms with van der Waals surface area (Å²) in [5.74, 6) is 0. The summed E-state index contributed by atoms with van der Waals surface area (Å²) < 4.78 is 0. The standard InChI is InChI=1S/C6H11ClN2/c1-3-9(2)5-6(7)4-8/h6H,3,5H2,1-2H3. The molecule has 0 aliphatic rings. The van der Waals surface area contributed by atoms with E-state index in [2.05, 4.69) is 0 Å². The fourth-order valence-electron chi connectivity index (χ4n) is 0.444. The zero-order valence-electron chi connectivity index (χ0n) is 5.76. The predicted molar refractivity (Wildman–Crippen MR) is 38.4 cm³/mol. The number of nitriles is 1. The normalized spacial score (nSPS) is 13.2. The van der Waals surface area contributed by atoms with Gasteiger partial charge in [0.15, 0.2) is 0 Å². The molecule has 9 heavy (non-hydrogen) atoms. The molecule has 0 saturated heterocycles. The molecule has 0 aliphatic heterocycles. The van der Waals surface area contributed by atoms with Crippen LogP contribution < -0.4 is 0 Å². The molecule has 0 aromatic rings. The van der Waals surface area contributed by atoms with Crippen LogP contribution in [0.5, 0.6) is 0 Å². The molecule has 0 heterocycles. The predicted octanol–water partition coefficient (Wildman–Crippen LogP) is 1.07. The van der Waals surface area contributed by atoms with Crippen molar-refractivity contribution in [1.29, 1.82) is 5.26 Å². The van der Waals surface area contributed by atoms with E-state index in [-0.39, 0.29) is 5.38 Å². The zero-order chi connectivity index (χ0) is 7.28. The molecule has 52 valence electrons. The SMILES string of the molecule is CCN(C)CC(Cl)C#N. The van der Waals surface area contributed by atoms with Crippen LogP contribution in [0.15, 0.2) is 0 Å². The maximum absolute atomic E-state index is 8.27. The van der Waals surface area contributed by atoms with Gasteiger partial charge in [0.25, 0.3) is 0 Å². The lowest BCUT2D eigenvalue weighted by molar-refractivity contribution is 0.364. The molecule has 1 atom stereocenters. The van der Waals surface area contributed by atoms with Crippen LogP contribution in [0.4, 0.5) is 0 Å². The van der Waals surface area contributed by atoms with Crippen molar-refractivity contribution in [3.63, 3.8) is 0 Å². The van der Waals surface area contributed by atoms with Gasteiger partial charge in [-0.1, -0.05) is 6.92 Å². The molecule has 1 unspecified atom stereocenters. The minimum atomic E-state index is -0.366. The van der Waals surface area contributed by atoms with E-state index < -0.39 is 0 Å². The summed E-state index contributed by atoms with van der Waals surface area (Å²) in [5.41, 5.74) is 0. The maximum Gasteiger partial charge on any atom is 0.133 e. The van der Waals surface area contributed by atoms with E-state index in [0.717, 1.165) is 6.54 Å². The molecule has 0 amide bonds. The van der Waals surface area contributed by atoms with Crippen molar-refractivity contribution in [2.45, 2.75) is 12.3 Å². The van der Waals surface area contributed by atoms with Gasteiger partial charge in [-0.25, -0.2) is 0 Å². The number of nitrogens with zero attached hydrogens (tertiary/aromatic N) is 2. The minimum Gasteiger partial charge on any atom is -0.304 e. The van der Waals surface area contributed by atoms with E-state index in [1.54, 1.807) is 0 Å². The molecule has 0 spiro atoms. The van der Waals surface area contributed by atoms with Gasteiger partial charge in [-0.3, -0.25) is 0 Å².